The van der Waals surface area contributed by atoms with Gasteiger partial charge in [0.1, 0.15) is 5.75 Å². The zero-order chi connectivity index (χ0) is 20.6. The quantitative estimate of drug-likeness (QED) is 0.606. The minimum absolute atomic E-state index is 0.0322. The maximum absolute atomic E-state index is 12.6. The van der Waals surface area contributed by atoms with Crippen molar-refractivity contribution in [1.29, 1.82) is 0 Å². The van der Waals surface area contributed by atoms with Crippen LogP contribution in [0.25, 0.3) is 0 Å². The molecule has 1 aromatic rings. The second kappa shape index (κ2) is 10.1. The second-order valence-electron chi connectivity index (χ2n) is 7.25. The normalized spacial score (nSPS) is 17.1. The molecule has 0 bridgehead atoms. The monoisotopic (exact) mass is 386 g/mol. The first-order valence-electron chi connectivity index (χ1n) is 9.54. The molecule has 1 saturated heterocycles. The predicted octanol–water partition coefficient (Wildman–Crippen LogP) is 2.43. The number of hydrogen-bond donors (Lipinski definition) is 2. The Balaban J connectivity index is 1.99. The molecule has 1 atom stereocenters. The van der Waals surface area contributed by atoms with E-state index in [4.69, 9.17) is 4.74 Å². The number of benzene rings is 1. The lowest BCUT2D eigenvalue weighted by molar-refractivity contribution is -0.139. The van der Waals surface area contributed by atoms with Crippen molar-refractivity contribution in [3.63, 3.8) is 0 Å². The Bertz CT molecular complexity index is 706. The van der Waals surface area contributed by atoms with Crippen LogP contribution in [-0.4, -0.2) is 47.6 Å². The average molecular weight is 386 g/mol. The summed E-state index contributed by atoms with van der Waals surface area (Å²) in [5.41, 5.74) is -0.174. The van der Waals surface area contributed by atoms with Gasteiger partial charge in [-0.2, -0.15) is 0 Å². The van der Waals surface area contributed by atoms with Gasteiger partial charge in [0.2, 0.25) is 11.8 Å². The van der Waals surface area contributed by atoms with Crippen molar-refractivity contribution in [3.8, 4) is 5.75 Å². The van der Waals surface area contributed by atoms with E-state index in [0.717, 1.165) is 11.3 Å². The van der Waals surface area contributed by atoms with Crippen LogP contribution in [0.3, 0.4) is 0 Å². The Morgan fingerprint density at radius 2 is 2.04 bits per heavy atom. The third-order valence-electron chi connectivity index (χ3n) is 5.06. The average Bonchev–Trinajstić information content (AvgIpc) is 2.68. The smallest absolute Gasteiger partial charge is 0.225 e. The molecular formula is C22H30N2O4. The molecule has 28 heavy (non-hydrogen) atoms. The molecule has 0 radical (unpaired) electrons. The maximum atomic E-state index is 12.6. The van der Waals surface area contributed by atoms with E-state index in [1.807, 2.05) is 24.3 Å². The summed E-state index contributed by atoms with van der Waals surface area (Å²) in [5, 5.41) is 13.4. The maximum Gasteiger partial charge on any atom is 0.225 e. The number of nitrogens with zero attached hydrogens (tertiary/aromatic N) is 1. The van der Waals surface area contributed by atoms with Gasteiger partial charge in [-0.25, -0.2) is 0 Å². The highest BCUT2D eigenvalue weighted by Gasteiger charge is 2.32. The van der Waals surface area contributed by atoms with Gasteiger partial charge in [0, 0.05) is 31.6 Å². The Labute approximate surface area is 166 Å². The van der Waals surface area contributed by atoms with Crippen LogP contribution in [0, 0.1) is 5.92 Å². The van der Waals surface area contributed by atoms with E-state index < -0.39 is 5.60 Å². The van der Waals surface area contributed by atoms with Gasteiger partial charge in [-0.15, -0.1) is 13.2 Å². The van der Waals surface area contributed by atoms with E-state index in [9.17, 15) is 14.7 Å². The van der Waals surface area contributed by atoms with E-state index in [1.165, 1.54) is 0 Å². The first kappa shape index (κ1) is 21.7. The first-order valence-corrected chi connectivity index (χ1v) is 9.54. The molecule has 0 aromatic heterocycles. The highest BCUT2D eigenvalue weighted by molar-refractivity contribution is 5.83. The van der Waals surface area contributed by atoms with Crippen LogP contribution in [0.4, 0.5) is 0 Å². The molecule has 6 heteroatoms. The standard InChI is InChI=1S/C22H30N2O4/c1-4-12-22(27,13-5-2)16-23-21(26)18-10-11-20(25)24(15-18)14-17-8-6-7-9-19(17)28-3/h4-9,18,27H,1-2,10-16H2,3H3,(H,23,26)/t18-/m0/s1. The number of amides is 2. The summed E-state index contributed by atoms with van der Waals surface area (Å²) < 4.78 is 5.36. The Hall–Kier alpha value is -2.60. The van der Waals surface area contributed by atoms with Crippen LogP contribution in [0.1, 0.15) is 31.2 Å². The summed E-state index contributed by atoms with van der Waals surface area (Å²) >= 11 is 0. The fourth-order valence-corrected chi connectivity index (χ4v) is 3.48. The van der Waals surface area contributed by atoms with Crippen molar-refractivity contribution >= 4 is 11.8 Å². The van der Waals surface area contributed by atoms with Gasteiger partial charge in [0.15, 0.2) is 0 Å². The van der Waals surface area contributed by atoms with Crippen molar-refractivity contribution in [2.24, 2.45) is 5.92 Å². The van der Waals surface area contributed by atoms with Crippen LogP contribution in [-0.2, 0) is 16.1 Å². The number of hydrogen-bond acceptors (Lipinski definition) is 4. The number of ether oxygens (including phenoxy) is 1. The largest absolute Gasteiger partial charge is 0.496 e. The number of rotatable bonds is 10. The molecule has 2 rings (SSSR count). The lowest BCUT2D eigenvalue weighted by Crippen LogP contribution is -2.49. The number of para-hydroxylation sites is 1. The number of methoxy groups -OCH3 is 1. The predicted molar refractivity (Wildman–Crippen MR) is 109 cm³/mol. The van der Waals surface area contributed by atoms with Crippen molar-refractivity contribution in [2.45, 2.75) is 37.8 Å². The van der Waals surface area contributed by atoms with E-state index in [0.29, 0.717) is 38.8 Å². The van der Waals surface area contributed by atoms with Crippen LogP contribution in [0.15, 0.2) is 49.6 Å². The van der Waals surface area contributed by atoms with E-state index in [1.54, 1.807) is 24.2 Å². The lowest BCUT2D eigenvalue weighted by Gasteiger charge is -2.33. The summed E-state index contributed by atoms with van der Waals surface area (Å²) in [5.74, 6) is 0.304. The molecule has 1 aromatic carbocycles. The van der Waals surface area contributed by atoms with Crippen LogP contribution >= 0.6 is 0 Å². The van der Waals surface area contributed by atoms with Gasteiger partial charge < -0.3 is 20.1 Å². The Morgan fingerprint density at radius 3 is 2.68 bits per heavy atom. The van der Waals surface area contributed by atoms with Gasteiger partial charge in [0.05, 0.1) is 18.6 Å². The van der Waals surface area contributed by atoms with Gasteiger partial charge in [-0.1, -0.05) is 30.4 Å². The summed E-state index contributed by atoms with van der Waals surface area (Å²) in [6, 6.07) is 7.55. The number of likely N-dealkylation sites (tertiary alicyclic amines) is 1. The third-order valence-corrected chi connectivity index (χ3v) is 5.06. The summed E-state index contributed by atoms with van der Waals surface area (Å²) in [6.45, 7) is 8.19. The topological polar surface area (TPSA) is 78.9 Å². The second-order valence-corrected chi connectivity index (χ2v) is 7.25. The highest BCUT2D eigenvalue weighted by atomic mass is 16.5. The molecule has 1 heterocycles. The molecular weight excluding hydrogens is 356 g/mol. The Morgan fingerprint density at radius 1 is 1.36 bits per heavy atom. The third kappa shape index (κ3) is 5.70. The summed E-state index contributed by atoms with van der Waals surface area (Å²) in [7, 11) is 1.60. The van der Waals surface area contributed by atoms with Gasteiger partial charge in [-0.05, 0) is 25.3 Å². The van der Waals surface area contributed by atoms with Crippen molar-refractivity contribution in [2.75, 3.05) is 20.2 Å². The fourth-order valence-electron chi connectivity index (χ4n) is 3.48. The van der Waals surface area contributed by atoms with Gasteiger partial charge in [-0.3, -0.25) is 9.59 Å². The SMILES string of the molecule is C=CCC(O)(CC=C)CNC(=O)[C@H]1CCC(=O)N(Cc2ccccc2OC)C1. The van der Waals surface area contributed by atoms with Crippen molar-refractivity contribution in [1.82, 2.24) is 10.2 Å². The highest BCUT2D eigenvalue weighted by Crippen LogP contribution is 2.24. The molecule has 1 aliphatic rings. The molecule has 1 fully saturated rings. The molecule has 2 N–H and O–H groups in total. The Kier molecular flexibility index (Phi) is 7.81. The number of nitrogens with one attached hydrogen (secondary N) is 1. The van der Waals surface area contributed by atoms with Crippen LogP contribution < -0.4 is 10.1 Å². The number of piperidine rings is 1. The van der Waals surface area contributed by atoms with Crippen LogP contribution in [0.2, 0.25) is 0 Å². The summed E-state index contributed by atoms with van der Waals surface area (Å²) in [6.07, 6.45) is 4.82. The minimum atomic E-state index is -1.08. The molecule has 0 spiro atoms. The van der Waals surface area contributed by atoms with E-state index in [2.05, 4.69) is 18.5 Å². The molecule has 6 nitrogen and oxygen atoms in total. The number of aliphatic hydroxyl groups is 1. The molecule has 152 valence electrons. The van der Waals surface area contributed by atoms with Crippen molar-refractivity contribution in [3.05, 3.63) is 55.1 Å². The lowest BCUT2D eigenvalue weighted by atomic mass is 9.93. The molecule has 1 aliphatic heterocycles. The molecule has 2 amide bonds. The van der Waals surface area contributed by atoms with E-state index in [-0.39, 0.29) is 24.3 Å². The summed E-state index contributed by atoms with van der Waals surface area (Å²) in [4.78, 5) is 26.7. The molecule has 0 unspecified atom stereocenters. The fraction of sp³-hybridized carbons (Fsp3) is 0.455. The van der Waals surface area contributed by atoms with Gasteiger partial charge >= 0.3 is 0 Å². The number of carbonyl (C=O) groups excluding carboxylic acids is 2. The zero-order valence-electron chi connectivity index (χ0n) is 16.5. The molecule has 0 saturated carbocycles. The van der Waals surface area contributed by atoms with Crippen LogP contribution in [0.5, 0.6) is 5.75 Å². The first-order chi connectivity index (χ1) is 13.4. The number of carbonyl (C=O) groups is 2. The zero-order valence-corrected chi connectivity index (χ0v) is 16.5. The molecule has 0 aliphatic carbocycles. The van der Waals surface area contributed by atoms with Gasteiger partial charge in [0.25, 0.3) is 0 Å². The van der Waals surface area contributed by atoms with Crippen molar-refractivity contribution < 1.29 is 19.4 Å². The van der Waals surface area contributed by atoms with E-state index >= 15 is 0 Å². The minimum Gasteiger partial charge on any atom is -0.496 e.